The molecule has 3 aromatic rings. The van der Waals surface area contributed by atoms with Gasteiger partial charge in [0.1, 0.15) is 22.0 Å². The molecular weight excluding hydrogens is 317 g/mol. The summed E-state index contributed by atoms with van der Waals surface area (Å²) in [5, 5.41) is 0.320. The highest BCUT2D eigenvalue weighted by Crippen LogP contribution is 2.35. The largest absolute Gasteiger partial charge is 0.495 e. The number of sulfone groups is 1. The van der Waals surface area contributed by atoms with Crippen LogP contribution in [0.25, 0.3) is 10.9 Å². The molecule has 23 heavy (non-hydrogen) atoms. The first-order chi connectivity index (χ1) is 10.9. The van der Waals surface area contributed by atoms with E-state index in [0.29, 0.717) is 5.39 Å². The van der Waals surface area contributed by atoms with Crippen molar-refractivity contribution >= 4 is 20.7 Å². The summed E-state index contributed by atoms with van der Waals surface area (Å²) in [5.74, 6) is -0.435. The summed E-state index contributed by atoms with van der Waals surface area (Å²) in [6.07, 6.45) is 1.14. The van der Waals surface area contributed by atoms with E-state index < -0.39 is 15.7 Å². The van der Waals surface area contributed by atoms with Crippen LogP contribution in [0.3, 0.4) is 0 Å². The molecule has 0 amide bonds. The Bertz CT molecular complexity index is 983. The lowest BCUT2D eigenvalue weighted by molar-refractivity contribution is 0.407. The summed E-state index contributed by atoms with van der Waals surface area (Å²) in [6, 6.07) is 10.8. The first kappa shape index (κ1) is 15.4. The van der Waals surface area contributed by atoms with Crippen molar-refractivity contribution in [2.75, 3.05) is 7.11 Å². The second kappa shape index (κ2) is 5.62. The second-order valence-corrected chi connectivity index (χ2v) is 7.03. The van der Waals surface area contributed by atoms with Crippen LogP contribution in [0.5, 0.6) is 5.75 Å². The first-order valence-corrected chi connectivity index (χ1v) is 8.36. The molecule has 2 aromatic carbocycles. The molecule has 0 aliphatic rings. The molecule has 0 spiro atoms. The Morgan fingerprint density at radius 1 is 1.09 bits per heavy atom. The third-order valence-corrected chi connectivity index (χ3v) is 5.35. The fourth-order valence-corrected chi connectivity index (χ4v) is 3.77. The predicted molar refractivity (Wildman–Crippen MR) is 84.9 cm³/mol. The number of rotatable bonds is 3. The Hall–Kier alpha value is -2.47. The second-order valence-electron chi connectivity index (χ2n) is 5.11. The number of aryl methyl sites for hydroxylation is 1. The molecule has 0 saturated carbocycles. The van der Waals surface area contributed by atoms with Gasteiger partial charge in [0.25, 0.3) is 0 Å². The van der Waals surface area contributed by atoms with E-state index in [1.807, 2.05) is 6.92 Å². The van der Waals surface area contributed by atoms with Gasteiger partial charge in [-0.3, -0.25) is 4.98 Å². The summed E-state index contributed by atoms with van der Waals surface area (Å²) >= 11 is 0. The van der Waals surface area contributed by atoms with E-state index >= 15 is 0 Å². The molecule has 0 saturated heterocycles. The lowest BCUT2D eigenvalue weighted by Gasteiger charge is -2.12. The Kier molecular flexibility index (Phi) is 3.77. The third-order valence-electron chi connectivity index (χ3n) is 3.59. The standard InChI is InChI=1S/C17H14FNO3S/c1-11-6-8-12(9-7-11)23(20,21)15-10-19-16-13(17(15)22-2)4-3-5-14(16)18/h3-10H,1-2H3. The SMILES string of the molecule is COc1c(S(=O)(=O)c2ccc(C)cc2)cnc2c(F)cccc12. The Balaban J connectivity index is 2.29. The summed E-state index contributed by atoms with van der Waals surface area (Å²) in [6.45, 7) is 1.87. The number of ether oxygens (including phenoxy) is 1. The van der Waals surface area contributed by atoms with Gasteiger partial charge >= 0.3 is 0 Å². The average molecular weight is 331 g/mol. The molecule has 0 aliphatic heterocycles. The van der Waals surface area contributed by atoms with Gasteiger partial charge in [-0.1, -0.05) is 23.8 Å². The van der Waals surface area contributed by atoms with E-state index in [1.54, 1.807) is 18.2 Å². The molecule has 0 N–H and O–H groups in total. The van der Waals surface area contributed by atoms with E-state index in [0.717, 1.165) is 11.8 Å². The van der Waals surface area contributed by atoms with Gasteiger partial charge in [0.15, 0.2) is 0 Å². The van der Waals surface area contributed by atoms with Crippen LogP contribution in [0, 0.1) is 12.7 Å². The number of para-hydroxylation sites is 1. The molecule has 6 heteroatoms. The lowest BCUT2D eigenvalue weighted by Crippen LogP contribution is -2.06. The van der Waals surface area contributed by atoms with E-state index in [1.165, 1.54) is 31.4 Å². The van der Waals surface area contributed by atoms with Crippen molar-refractivity contribution < 1.29 is 17.5 Å². The Morgan fingerprint density at radius 3 is 2.43 bits per heavy atom. The number of hydrogen-bond acceptors (Lipinski definition) is 4. The lowest BCUT2D eigenvalue weighted by atomic mass is 10.2. The van der Waals surface area contributed by atoms with Crippen LogP contribution >= 0.6 is 0 Å². The van der Waals surface area contributed by atoms with Gasteiger partial charge in [-0.15, -0.1) is 0 Å². The fourth-order valence-electron chi connectivity index (χ4n) is 2.39. The van der Waals surface area contributed by atoms with Crippen LogP contribution in [0.4, 0.5) is 4.39 Å². The minimum absolute atomic E-state index is 0.0761. The fraction of sp³-hybridized carbons (Fsp3) is 0.118. The molecule has 0 aliphatic carbocycles. The quantitative estimate of drug-likeness (QED) is 0.737. The number of pyridine rings is 1. The van der Waals surface area contributed by atoms with Crippen LogP contribution in [0.1, 0.15) is 5.56 Å². The zero-order chi connectivity index (χ0) is 16.6. The number of halogens is 1. The van der Waals surface area contributed by atoms with Crippen molar-refractivity contribution in [1.82, 2.24) is 4.98 Å². The van der Waals surface area contributed by atoms with E-state index in [4.69, 9.17) is 4.74 Å². The number of hydrogen-bond donors (Lipinski definition) is 0. The molecule has 4 nitrogen and oxygen atoms in total. The minimum Gasteiger partial charge on any atom is -0.495 e. The molecule has 1 aromatic heterocycles. The molecule has 3 rings (SSSR count). The zero-order valence-electron chi connectivity index (χ0n) is 12.6. The first-order valence-electron chi connectivity index (χ1n) is 6.88. The summed E-state index contributed by atoms with van der Waals surface area (Å²) < 4.78 is 44.8. The average Bonchev–Trinajstić information content (AvgIpc) is 2.54. The van der Waals surface area contributed by atoms with E-state index in [9.17, 15) is 12.8 Å². The van der Waals surface area contributed by atoms with Crippen LogP contribution in [0.15, 0.2) is 58.5 Å². The van der Waals surface area contributed by atoms with Gasteiger partial charge in [-0.05, 0) is 31.2 Å². The molecule has 0 unspecified atom stereocenters. The number of methoxy groups -OCH3 is 1. The van der Waals surface area contributed by atoms with E-state index in [2.05, 4.69) is 4.98 Å². The molecule has 118 valence electrons. The molecular formula is C17H14FNO3S. The Labute approximate surface area is 133 Å². The Morgan fingerprint density at radius 2 is 1.78 bits per heavy atom. The van der Waals surface area contributed by atoms with Crippen LogP contribution < -0.4 is 4.74 Å². The maximum atomic E-state index is 13.8. The molecule has 0 bridgehead atoms. The van der Waals surface area contributed by atoms with Crippen molar-refractivity contribution in [2.45, 2.75) is 16.7 Å². The monoisotopic (exact) mass is 331 g/mol. The minimum atomic E-state index is -3.81. The number of aromatic nitrogens is 1. The summed E-state index contributed by atoms with van der Waals surface area (Å²) in [7, 11) is -2.46. The number of benzene rings is 2. The van der Waals surface area contributed by atoms with Gasteiger partial charge in [0.05, 0.1) is 18.2 Å². The van der Waals surface area contributed by atoms with Crippen LogP contribution in [-0.4, -0.2) is 20.5 Å². The highest BCUT2D eigenvalue weighted by molar-refractivity contribution is 7.91. The van der Waals surface area contributed by atoms with Crippen molar-refractivity contribution in [3.8, 4) is 5.75 Å². The molecule has 0 fully saturated rings. The van der Waals surface area contributed by atoms with Crippen molar-refractivity contribution in [3.63, 3.8) is 0 Å². The number of fused-ring (bicyclic) bond motifs is 1. The van der Waals surface area contributed by atoms with Gasteiger partial charge in [0.2, 0.25) is 9.84 Å². The van der Waals surface area contributed by atoms with Gasteiger partial charge < -0.3 is 4.74 Å². The third kappa shape index (κ3) is 2.55. The van der Waals surface area contributed by atoms with Gasteiger partial charge in [-0.25, -0.2) is 12.8 Å². The predicted octanol–water partition coefficient (Wildman–Crippen LogP) is 3.52. The van der Waals surface area contributed by atoms with Gasteiger partial charge in [-0.2, -0.15) is 0 Å². The van der Waals surface area contributed by atoms with Crippen molar-refractivity contribution in [2.24, 2.45) is 0 Å². The smallest absolute Gasteiger partial charge is 0.211 e. The number of nitrogens with zero attached hydrogens (tertiary/aromatic N) is 1. The van der Waals surface area contributed by atoms with Crippen molar-refractivity contribution in [1.29, 1.82) is 0 Å². The highest BCUT2D eigenvalue weighted by Gasteiger charge is 2.25. The maximum absolute atomic E-state index is 13.8. The van der Waals surface area contributed by atoms with Crippen LogP contribution in [-0.2, 0) is 9.84 Å². The molecule has 0 radical (unpaired) electrons. The molecule has 1 heterocycles. The maximum Gasteiger partial charge on any atom is 0.211 e. The highest BCUT2D eigenvalue weighted by atomic mass is 32.2. The van der Waals surface area contributed by atoms with E-state index in [-0.39, 0.29) is 21.1 Å². The van der Waals surface area contributed by atoms with Gasteiger partial charge in [0, 0.05) is 5.39 Å². The van der Waals surface area contributed by atoms with Crippen LogP contribution in [0.2, 0.25) is 0 Å². The zero-order valence-corrected chi connectivity index (χ0v) is 13.4. The summed E-state index contributed by atoms with van der Waals surface area (Å²) in [4.78, 5) is 4.02. The topological polar surface area (TPSA) is 56.3 Å². The molecule has 0 atom stereocenters. The normalized spacial score (nSPS) is 11.6. The van der Waals surface area contributed by atoms with Crippen molar-refractivity contribution in [3.05, 3.63) is 60.0 Å². The summed E-state index contributed by atoms with van der Waals surface area (Å²) in [5.41, 5.74) is 1.03.